The standard InChI is InChI=1S/C13H16N2O/c1-15-8-9-5-6-11-10(7-9)3-2-4-12(11)13(14)16/h5-7,12,15H,2-3,8H2,1H3,(H2,14,16). The fourth-order valence-corrected chi connectivity index (χ4v) is 2.19. The molecule has 0 bridgehead atoms. The molecule has 3 heteroatoms. The first-order valence-corrected chi connectivity index (χ1v) is 5.51. The third-order valence-electron chi connectivity index (χ3n) is 2.93. The highest BCUT2D eigenvalue weighted by Crippen LogP contribution is 2.31. The van der Waals surface area contributed by atoms with Crippen LogP contribution in [0.1, 0.15) is 29.0 Å². The summed E-state index contributed by atoms with van der Waals surface area (Å²) < 4.78 is 0. The third kappa shape index (κ3) is 2.09. The minimum absolute atomic E-state index is 0.303. The predicted octanol–water partition coefficient (Wildman–Crippen LogP) is 1.00. The first-order valence-electron chi connectivity index (χ1n) is 5.51. The van der Waals surface area contributed by atoms with E-state index in [2.05, 4.69) is 17.8 Å². The molecule has 84 valence electrons. The lowest BCUT2D eigenvalue weighted by molar-refractivity contribution is -0.118. The SMILES string of the molecule is CNCc1ccc2c(c1)CC[C]C2C(N)=O. The van der Waals surface area contributed by atoms with Crippen LogP contribution < -0.4 is 11.1 Å². The van der Waals surface area contributed by atoms with Crippen molar-refractivity contribution in [1.82, 2.24) is 5.32 Å². The molecule has 1 aliphatic rings. The van der Waals surface area contributed by atoms with Crippen LogP contribution in [0.3, 0.4) is 0 Å². The lowest BCUT2D eigenvalue weighted by atomic mass is 9.82. The molecular weight excluding hydrogens is 200 g/mol. The average Bonchev–Trinajstić information content (AvgIpc) is 2.28. The van der Waals surface area contributed by atoms with Gasteiger partial charge in [0.15, 0.2) is 0 Å². The first kappa shape index (κ1) is 11.1. The molecule has 0 heterocycles. The van der Waals surface area contributed by atoms with E-state index < -0.39 is 0 Å². The smallest absolute Gasteiger partial charge is 0.225 e. The van der Waals surface area contributed by atoms with Gasteiger partial charge in [0.2, 0.25) is 5.91 Å². The molecule has 16 heavy (non-hydrogen) atoms. The zero-order valence-electron chi connectivity index (χ0n) is 9.42. The summed E-state index contributed by atoms with van der Waals surface area (Å²) in [6.07, 6.45) is 4.90. The summed E-state index contributed by atoms with van der Waals surface area (Å²) in [5, 5.41) is 3.12. The van der Waals surface area contributed by atoms with E-state index in [9.17, 15) is 4.79 Å². The van der Waals surface area contributed by atoms with Crippen LogP contribution in [-0.4, -0.2) is 13.0 Å². The Morgan fingerprint density at radius 3 is 3.12 bits per heavy atom. The maximum Gasteiger partial charge on any atom is 0.225 e. The number of hydrogen-bond acceptors (Lipinski definition) is 2. The number of carbonyl (C=O) groups is 1. The highest BCUT2D eigenvalue weighted by Gasteiger charge is 2.25. The molecule has 0 saturated heterocycles. The van der Waals surface area contributed by atoms with Gasteiger partial charge in [0.1, 0.15) is 0 Å². The number of hydrogen-bond donors (Lipinski definition) is 2. The molecule has 1 aromatic rings. The van der Waals surface area contributed by atoms with Gasteiger partial charge in [-0.15, -0.1) is 0 Å². The van der Waals surface area contributed by atoms with Gasteiger partial charge in [-0.25, -0.2) is 0 Å². The Kier molecular flexibility index (Phi) is 3.25. The van der Waals surface area contributed by atoms with E-state index in [1.165, 1.54) is 11.1 Å². The Bertz CT molecular complexity index is 401. The van der Waals surface area contributed by atoms with Crippen molar-refractivity contribution in [1.29, 1.82) is 0 Å². The summed E-state index contributed by atoms with van der Waals surface area (Å²) >= 11 is 0. The minimum atomic E-state index is -0.326. The Morgan fingerprint density at radius 2 is 2.44 bits per heavy atom. The topological polar surface area (TPSA) is 55.1 Å². The molecule has 1 unspecified atom stereocenters. The summed E-state index contributed by atoms with van der Waals surface area (Å²) in [6, 6.07) is 6.20. The first-order chi connectivity index (χ1) is 7.72. The van der Waals surface area contributed by atoms with E-state index in [0.717, 1.165) is 24.9 Å². The van der Waals surface area contributed by atoms with E-state index in [1.807, 2.05) is 19.2 Å². The van der Waals surface area contributed by atoms with Gasteiger partial charge in [-0.05, 0) is 36.6 Å². The summed E-state index contributed by atoms with van der Waals surface area (Å²) in [7, 11) is 1.92. The summed E-state index contributed by atoms with van der Waals surface area (Å²) in [4.78, 5) is 11.3. The number of nitrogens with two attached hydrogens (primary N) is 1. The fraction of sp³-hybridized carbons (Fsp3) is 0.385. The van der Waals surface area contributed by atoms with Gasteiger partial charge in [0, 0.05) is 13.0 Å². The Hall–Kier alpha value is -1.35. The fourth-order valence-electron chi connectivity index (χ4n) is 2.19. The molecule has 0 spiro atoms. The normalized spacial score (nSPS) is 19.2. The van der Waals surface area contributed by atoms with Gasteiger partial charge in [-0.3, -0.25) is 4.79 Å². The van der Waals surface area contributed by atoms with Crippen molar-refractivity contribution in [3.63, 3.8) is 0 Å². The van der Waals surface area contributed by atoms with Crippen LogP contribution in [0.25, 0.3) is 0 Å². The van der Waals surface area contributed by atoms with Crippen LogP contribution >= 0.6 is 0 Å². The largest absolute Gasteiger partial charge is 0.369 e. The molecule has 1 aliphatic carbocycles. The van der Waals surface area contributed by atoms with E-state index in [-0.39, 0.29) is 11.8 Å². The molecule has 2 radical (unpaired) electrons. The van der Waals surface area contributed by atoms with E-state index in [1.54, 1.807) is 0 Å². The third-order valence-corrected chi connectivity index (χ3v) is 2.93. The van der Waals surface area contributed by atoms with Crippen molar-refractivity contribution in [2.45, 2.75) is 25.3 Å². The molecule has 0 fully saturated rings. The molecule has 0 aliphatic heterocycles. The van der Waals surface area contributed by atoms with Crippen molar-refractivity contribution in [3.05, 3.63) is 41.3 Å². The monoisotopic (exact) mass is 216 g/mol. The molecule has 0 aromatic heterocycles. The lowest BCUT2D eigenvalue weighted by Gasteiger charge is -2.23. The van der Waals surface area contributed by atoms with Crippen molar-refractivity contribution in [3.8, 4) is 0 Å². The maximum absolute atomic E-state index is 11.3. The summed E-state index contributed by atoms with van der Waals surface area (Å²) in [5.74, 6) is -0.630. The van der Waals surface area contributed by atoms with Crippen molar-refractivity contribution in [2.24, 2.45) is 5.73 Å². The zero-order valence-corrected chi connectivity index (χ0v) is 9.42. The van der Waals surface area contributed by atoms with Crippen molar-refractivity contribution >= 4 is 5.91 Å². The van der Waals surface area contributed by atoms with Crippen LogP contribution in [0.2, 0.25) is 0 Å². The van der Waals surface area contributed by atoms with Gasteiger partial charge in [-0.1, -0.05) is 18.2 Å². The molecule has 3 nitrogen and oxygen atoms in total. The predicted molar refractivity (Wildman–Crippen MR) is 62.7 cm³/mol. The number of carbonyl (C=O) groups excluding carboxylic acids is 1. The highest BCUT2D eigenvalue weighted by atomic mass is 16.1. The lowest BCUT2D eigenvalue weighted by Crippen LogP contribution is -2.25. The maximum atomic E-state index is 11.3. The molecule has 0 saturated carbocycles. The number of fused-ring (bicyclic) bond motifs is 1. The van der Waals surface area contributed by atoms with Crippen LogP contribution in [0.4, 0.5) is 0 Å². The molecule has 3 N–H and O–H groups in total. The van der Waals surface area contributed by atoms with Crippen LogP contribution in [0, 0.1) is 6.42 Å². The number of aryl methyl sites for hydroxylation is 1. The molecule has 1 aromatic carbocycles. The highest BCUT2D eigenvalue weighted by molar-refractivity contribution is 5.84. The summed E-state index contributed by atoms with van der Waals surface area (Å²) in [5.41, 5.74) is 8.87. The van der Waals surface area contributed by atoms with Gasteiger partial charge in [0.05, 0.1) is 5.92 Å². The summed E-state index contributed by atoms with van der Waals surface area (Å²) in [6.45, 7) is 0.849. The van der Waals surface area contributed by atoms with Gasteiger partial charge in [0.25, 0.3) is 0 Å². The molecule has 2 rings (SSSR count). The molecular formula is C13H16N2O. The minimum Gasteiger partial charge on any atom is -0.369 e. The Morgan fingerprint density at radius 1 is 1.62 bits per heavy atom. The zero-order chi connectivity index (χ0) is 11.5. The number of benzene rings is 1. The van der Waals surface area contributed by atoms with Crippen LogP contribution in [0.15, 0.2) is 18.2 Å². The van der Waals surface area contributed by atoms with Crippen LogP contribution in [-0.2, 0) is 17.8 Å². The second kappa shape index (κ2) is 4.66. The molecule has 1 atom stereocenters. The second-order valence-electron chi connectivity index (χ2n) is 4.10. The second-order valence-corrected chi connectivity index (χ2v) is 4.10. The van der Waals surface area contributed by atoms with Crippen molar-refractivity contribution < 1.29 is 4.79 Å². The molecule has 1 amide bonds. The quantitative estimate of drug-likeness (QED) is 0.792. The van der Waals surface area contributed by atoms with E-state index in [4.69, 9.17) is 5.73 Å². The van der Waals surface area contributed by atoms with Gasteiger partial charge in [-0.2, -0.15) is 0 Å². The van der Waals surface area contributed by atoms with E-state index >= 15 is 0 Å². The Labute approximate surface area is 96.0 Å². The number of amides is 1. The number of rotatable bonds is 3. The average molecular weight is 216 g/mol. The van der Waals surface area contributed by atoms with Crippen LogP contribution in [0.5, 0.6) is 0 Å². The number of nitrogens with one attached hydrogen (secondary N) is 1. The number of primary amides is 1. The van der Waals surface area contributed by atoms with Gasteiger partial charge >= 0.3 is 0 Å². The van der Waals surface area contributed by atoms with Gasteiger partial charge < -0.3 is 11.1 Å². The van der Waals surface area contributed by atoms with Crippen molar-refractivity contribution in [2.75, 3.05) is 7.05 Å². The Balaban J connectivity index is 2.33. The van der Waals surface area contributed by atoms with E-state index in [0.29, 0.717) is 0 Å².